The number of hydrogen-bond acceptors (Lipinski definition) is 1. The molecular formula is C16H23NO. The third-order valence-electron chi connectivity index (χ3n) is 3.95. The number of benzene rings is 1. The lowest BCUT2D eigenvalue weighted by atomic mass is 9.92. The molecule has 1 unspecified atom stereocenters. The van der Waals surface area contributed by atoms with Crippen LogP contribution in [0.2, 0.25) is 0 Å². The summed E-state index contributed by atoms with van der Waals surface area (Å²) in [7, 11) is 0. The van der Waals surface area contributed by atoms with Gasteiger partial charge in [0.15, 0.2) is 0 Å². The zero-order valence-electron chi connectivity index (χ0n) is 11.6. The Morgan fingerprint density at radius 1 is 1.39 bits per heavy atom. The molecule has 1 fully saturated rings. The molecule has 1 aromatic carbocycles. The van der Waals surface area contributed by atoms with Crippen molar-refractivity contribution < 1.29 is 4.79 Å². The molecule has 0 heterocycles. The monoisotopic (exact) mass is 245 g/mol. The summed E-state index contributed by atoms with van der Waals surface area (Å²) in [6, 6.07) is 8.47. The number of hydrogen-bond donors (Lipinski definition) is 1. The molecular weight excluding hydrogens is 222 g/mol. The molecule has 1 N–H and O–H groups in total. The van der Waals surface area contributed by atoms with Gasteiger partial charge in [0.1, 0.15) is 0 Å². The highest BCUT2D eigenvalue weighted by Gasteiger charge is 2.31. The summed E-state index contributed by atoms with van der Waals surface area (Å²) < 4.78 is 0. The van der Waals surface area contributed by atoms with Crippen LogP contribution in [-0.2, 0) is 11.2 Å². The number of rotatable bonds is 3. The molecule has 2 heteroatoms. The summed E-state index contributed by atoms with van der Waals surface area (Å²) in [6.07, 6.45) is 3.94. The van der Waals surface area contributed by atoms with E-state index in [1.807, 2.05) is 18.2 Å². The molecule has 98 valence electrons. The number of nitrogens with one attached hydrogen (secondary N) is 1. The van der Waals surface area contributed by atoms with Gasteiger partial charge in [0.25, 0.3) is 0 Å². The lowest BCUT2D eigenvalue weighted by molar-refractivity contribution is -0.121. The van der Waals surface area contributed by atoms with E-state index >= 15 is 0 Å². The van der Waals surface area contributed by atoms with Crippen molar-refractivity contribution in [1.82, 2.24) is 5.32 Å². The van der Waals surface area contributed by atoms with Gasteiger partial charge >= 0.3 is 0 Å². The second-order valence-electron chi connectivity index (χ2n) is 6.27. The van der Waals surface area contributed by atoms with Crippen molar-refractivity contribution in [2.75, 3.05) is 0 Å². The molecule has 1 atom stereocenters. The van der Waals surface area contributed by atoms with E-state index in [1.54, 1.807) is 0 Å². The third-order valence-corrected chi connectivity index (χ3v) is 3.95. The van der Waals surface area contributed by atoms with Crippen molar-refractivity contribution in [3.05, 3.63) is 35.4 Å². The average Bonchev–Trinajstić information content (AvgIpc) is 2.61. The lowest BCUT2D eigenvalue weighted by Gasteiger charge is -2.18. The largest absolute Gasteiger partial charge is 0.353 e. The third kappa shape index (κ3) is 3.34. The maximum absolute atomic E-state index is 12.0. The van der Waals surface area contributed by atoms with Crippen LogP contribution in [0, 0.1) is 12.3 Å². The first-order valence-corrected chi connectivity index (χ1v) is 6.80. The van der Waals surface area contributed by atoms with E-state index in [0.717, 1.165) is 18.4 Å². The van der Waals surface area contributed by atoms with Crippen LogP contribution in [0.15, 0.2) is 24.3 Å². The van der Waals surface area contributed by atoms with Crippen LogP contribution in [0.3, 0.4) is 0 Å². The average molecular weight is 245 g/mol. The van der Waals surface area contributed by atoms with Gasteiger partial charge < -0.3 is 5.32 Å². The fourth-order valence-corrected chi connectivity index (χ4v) is 2.82. The molecule has 1 amide bonds. The van der Waals surface area contributed by atoms with Crippen molar-refractivity contribution in [3.63, 3.8) is 0 Å². The Hall–Kier alpha value is -1.31. The van der Waals surface area contributed by atoms with Crippen molar-refractivity contribution in [1.29, 1.82) is 0 Å². The SMILES string of the molecule is Cc1ccccc1CC(=O)NC1CCC(C)(C)C1. The quantitative estimate of drug-likeness (QED) is 0.870. The van der Waals surface area contributed by atoms with Gasteiger partial charge in [-0.25, -0.2) is 0 Å². The summed E-state index contributed by atoms with van der Waals surface area (Å²) in [5, 5.41) is 3.17. The van der Waals surface area contributed by atoms with Crippen LogP contribution in [0.5, 0.6) is 0 Å². The molecule has 1 aliphatic carbocycles. The van der Waals surface area contributed by atoms with Crippen molar-refractivity contribution in [2.45, 2.75) is 52.5 Å². The first-order valence-electron chi connectivity index (χ1n) is 6.80. The molecule has 0 aliphatic heterocycles. The van der Waals surface area contributed by atoms with Crippen LogP contribution >= 0.6 is 0 Å². The Labute approximate surface area is 110 Å². The predicted octanol–water partition coefficient (Wildman–Crippen LogP) is 3.23. The summed E-state index contributed by atoms with van der Waals surface area (Å²) in [6.45, 7) is 6.61. The fourth-order valence-electron chi connectivity index (χ4n) is 2.82. The van der Waals surface area contributed by atoms with Gasteiger partial charge in [0.05, 0.1) is 6.42 Å². The molecule has 1 aromatic rings. The van der Waals surface area contributed by atoms with E-state index in [9.17, 15) is 4.79 Å². The number of carbonyl (C=O) groups excluding carboxylic acids is 1. The van der Waals surface area contributed by atoms with Crippen molar-refractivity contribution in [3.8, 4) is 0 Å². The highest BCUT2D eigenvalue weighted by molar-refractivity contribution is 5.79. The van der Waals surface area contributed by atoms with Crippen LogP contribution in [0.4, 0.5) is 0 Å². The molecule has 0 radical (unpaired) electrons. The first kappa shape index (κ1) is 13.1. The van der Waals surface area contributed by atoms with E-state index in [-0.39, 0.29) is 5.91 Å². The summed E-state index contributed by atoms with van der Waals surface area (Å²) in [4.78, 5) is 12.0. The second-order valence-corrected chi connectivity index (χ2v) is 6.27. The van der Waals surface area contributed by atoms with Gasteiger partial charge in [-0.05, 0) is 42.7 Å². The number of aryl methyl sites for hydroxylation is 1. The molecule has 0 spiro atoms. The minimum Gasteiger partial charge on any atom is -0.353 e. The number of carbonyl (C=O) groups is 1. The van der Waals surface area contributed by atoms with Crippen LogP contribution < -0.4 is 5.32 Å². The standard InChI is InChI=1S/C16H23NO/c1-12-6-4-5-7-13(12)10-15(18)17-14-8-9-16(2,3)11-14/h4-7,14H,8-11H2,1-3H3,(H,17,18). The van der Waals surface area contributed by atoms with Gasteiger partial charge in [0, 0.05) is 6.04 Å². The molecule has 1 saturated carbocycles. The Bertz CT molecular complexity index is 436. The summed E-state index contributed by atoms with van der Waals surface area (Å²) in [5.74, 6) is 0.159. The molecule has 18 heavy (non-hydrogen) atoms. The highest BCUT2D eigenvalue weighted by Crippen LogP contribution is 2.36. The topological polar surface area (TPSA) is 29.1 Å². The Morgan fingerprint density at radius 3 is 2.72 bits per heavy atom. The molecule has 2 nitrogen and oxygen atoms in total. The van der Waals surface area contributed by atoms with Crippen molar-refractivity contribution >= 4 is 5.91 Å². The molecule has 0 saturated heterocycles. The zero-order chi connectivity index (χ0) is 13.2. The maximum atomic E-state index is 12.0. The maximum Gasteiger partial charge on any atom is 0.224 e. The van der Waals surface area contributed by atoms with E-state index < -0.39 is 0 Å². The van der Waals surface area contributed by atoms with E-state index in [0.29, 0.717) is 17.9 Å². The van der Waals surface area contributed by atoms with E-state index in [4.69, 9.17) is 0 Å². The predicted molar refractivity (Wildman–Crippen MR) is 74.4 cm³/mol. The normalized spacial score (nSPS) is 21.8. The van der Waals surface area contributed by atoms with Crippen LogP contribution in [0.1, 0.15) is 44.2 Å². The second kappa shape index (κ2) is 5.13. The Morgan fingerprint density at radius 2 is 2.11 bits per heavy atom. The van der Waals surface area contributed by atoms with Crippen LogP contribution in [-0.4, -0.2) is 11.9 Å². The minimum absolute atomic E-state index is 0.159. The van der Waals surface area contributed by atoms with E-state index in [1.165, 1.54) is 12.0 Å². The molecule has 2 rings (SSSR count). The minimum atomic E-state index is 0.159. The van der Waals surface area contributed by atoms with Gasteiger partial charge in [-0.3, -0.25) is 4.79 Å². The summed E-state index contributed by atoms with van der Waals surface area (Å²) in [5.41, 5.74) is 2.72. The van der Waals surface area contributed by atoms with Crippen molar-refractivity contribution in [2.24, 2.45) is 5.41 Å². The zero-order valence-corrected chi connectivity index (χ0v) is 11.6. The highest BCUT2D eigenvalue weighted by atomic mass is 16.1. The Balaban J connectivity index is 1.88. The lowest BCUT2D eigenvalue weighted by Crippen LogP contribution is -2.34. The Kier molecular flexibility index (Phi) is 3.74. The molecule has 1 aliphatic rings. The van der Waals surface area contributed by atoms with Gasteiger partial charge in [0.2, 0.25) is 5.91 Å². The van der Waals surface area contributed by atoms with Gasteiger partial charge in [-0.1, -0.05) is 38.1 Å². The van der Waals surface area contributed by atoms with Gasteiger partial charge in [-0.15, -0.1) is 0 Å². The molecule has 0 bridgehead atoms. The first-order chi connectivity index (χ1) is 8.46. The number of amides is 1. The fraction of sp³-hybridized carbons (Fsp3) is 0.562. The van der Waals surface area contributed by atoms with E-state index in [2.05, 4.69) is 32.2 Å². The molecule has 0 aromatic heterocycles. The smallest absolute Gasteiger partial charge is 0.224 e. The van der Waals surface area contributed by atoms with Crippen LogP contribution in [0.25, 0.3) is 0 Å². The summed E-state index contributed by atoms with van der Waals surface area (Å²) >= 11 is 0. The van der Waals surface area contributed by atoms with Gasteiger partial charge in [-0.2, -0.15) is 0 Å².